The van der Waals surface area contributed by atoms with Gasteiger partial charge in [0.15, 0.2) is 0 Å². The van der Waals surface area contributed by atoms with Crippen LogP contribution in [0.5, 0.6) is 17.5 Å². The molecule has 0 atom stereocenters. The Balaban J connectivity index is 1.91. The van der Waals surface area contributed by atoms with E-state index in [1.54, 1.807) is 30.3 Å². The summed E-state index contributed by atoms with van der Waals surface area (Å²) in [4.78, 5) is 11.8. The maximum atomic E-state index is 12.6. The van der Waals surface area contributed by atoms with E-state index in [4.69, 9.17) is 9.47 Å². The van der Waals surface area contributed by atoms with Gasteiger partial charge in [-0.1, -0.05) is 6.07 Å². The lowest BCUT2D eigenvalue weighted by Crippen LogP contribution is -2.07. The van der Waals surface area contributed by atoms with Crippen LogP contribution in [0.1, 0.15) is 5.69 Å². The molecule has 3 rings (SSSR count). The highest BCUT2D eigenvalue weighted by Gasteiger charge is 2.32. The first-order valence-corrected chi connectivity index (χ1v) is 7.15. The highest BCUT2D eigenvalue weighted by atomic mass is 19.4. The minimum Gasteiger partial charge on any atom is -0.481 e. The molecule has 0 N–H and O–H groups in total. The molecule has 3 aromatic heterocycles. The van der Waals surface area contributed by atoms with Crippen molar-refractivity contribution < 1.29 is 22.6 Å². The van der Waals surface area contributed by atoms with E-state index in [0.717, 1.165) is 12.3 Å². The number of aromatic nitrogens is 3. The number of pyridine rings is 3. The Labute approximate surface area is 141 Å². The number of ether oxygens (including phenoxy) is 2. The van der Waals surface area contributed by atoms with Crippen molar-refractivity contribution in [3.05, 3.63) is 60.6 Å². The van der Waals surface area contributed by atoms with Gasteiger partial charge in [-0.3, -0.25) is 0 Å². The van der Waals surface area contributed by atoms with Gasteiger partial charge >= 0.3 is 6.18 Å². The van der Waals surface area contributed by atoms with Crippen LogP contribution < -0.4 is 9.47 Å². The maximum Gasteiger partial charge on any atom is 0.433 e. The van der Waals surface area contributed by atoms with Crippen LogP contribution in [0, 0.1) is 0 Å². The molecule has 25 heavy (non-hydrogen) atoms. The Morgan fingerprint density at radius 1 is 0.960 bits per heavy atom. The molecule has 128 valence electrons. The molecule has 0 amide bonds. The van der Waals surface area contributed by atoms with Crippen molar-refractivity contribution in [2.75, 3.05) is 7.11 Å². The number of halogens is 3. The minimum absolute atomic E-state index is 0.135. The second-order valence-electron chi connectivity index (χ2n) is 4.90. The zero-order chi connectivity index (χ0) is 17.9. The summed E-state index contributed by atoms with van der Waals surface area (Å²) in [5.74, 6) is 0.754. The third kappa shape index (κ3) is 3.85. The van der Waals surface area contributed by atoms with E-state index in [2.05, 4.69) is 15.0 Å². The van der Waals surface area contributed by atoms with Gasteiger partial charge in [0.1, 0.15) is 11.4 Å². The van der Waals surface area contributed by atoms with Gasteiger partial charge < -0.3 is 9.47 Å². The molecule has 3 heterocycles. The Bertz CT molecular complexity index is 868. The van der Waals surface area contributed by atoms with Crippen LogP contribution in [0.25, 0.3) is 11.3 Å². The molecule has 0 aliphatic rings. The average Bonchev–Trinajstić information content (AvgIpc) is 2.62. The van der Waals surface area contributed by atoms with E-state index < -0.39 is 11.9 Å². The van der Waals surface area contributed by atoms with E-state index in [1.165, 1.54) is 19.4 Å². The first kappa shape index (κ1) is 16.7. The molecule has 0 saturated heterocycles. The molecule has 0 fully saturated rings. The summed E-state index contributed by atoms with van der Waals surface area (Å²) in [7, 11) is 1.50. The van der Waals surface area contributed by atoms with Crippen molar-refractivity contribution in [1.29, 1.82) is 0 Å². The second-order valence-corrected chi connectivity index (χ2v) is 4.90. The van der Waals surface area contributed by atoms with Crippen LogP contribution in [0.3, 0.4) is 0 Å². The largest absolute Gasteiger partial charge is 0.481 e. The molecule has 5 nitrogen and oxygen atoms in total. The van der Waals surface area contributed by atoms with Crippen molar-refractivity contribution in [2.24, 2.45) is 0 Å². The molecule has 0 aliphatic carbocycles. The van der Waals surface area contributed by atoms with Gasteiger partial charge in [0.25, 0.3) is 0 Å². The Kier molecular flexibility index (Phi) is 4.51. The molecule has 3 aromatic rings. The second kappa shape index (κ2) is 6.76. The van der Waals surface area contributed by atoms with Crippen molar-refractivity contribution in [1.82, 2.24) is 15.0 Å². The highest BCUT2D eigenvalue weighted by molar-refractivity contribution is 5.65. The normalized spacial score (nSPS) is 11.2. The zero-order valence-corrected chi connectivity index (χ0v) is 13.0. The van der Waals surface area contributed by atoms with E-state index >= 15 is 0 Å². The minimum atomic E-state index is -4.50. The van der Waals surface area contributed by atoms with E-state index in [-0.39, 0.29) is 11.6 Å². The fourth-order valence-electron chi connectivity index (χ4n) is 2.07. The quantitative estimate of drug-likeness (QED) is 0.702. The van der Waals surface area contributed by atoms with Gasteiger partial charge in [-0.2, -0.15) is 13.2 Å². The summed E-state index contributed by atoms with van der Waals surface area (Å²) >= 11 is 0. The number of rotatable bonds is 4. The number of nitrogens with zero attached hydrogens (tertiary/aromatic N) is 3. The number of hydrogen-bond donors (Lipinski definition) is 0. The van der Waals surface area contributed by atoms with Crippen molar-refractivity contribution >= 4 is 0 Å². The molecule has 8 heteroatoms. The molecule has 0 aromatic carbocycles. The SMILES string of the molecule is COc1cccc(-c2cccnc2Oc2ccc(C(F)(F)F)nc2)n1. The molecule has 0 unspecified atom stereocenters. The molecular weight excluding hydrogens is 335 g/mol. The smallest absolute Gasteiger partial charge is 0.433 e. The van der Waals surface area contributed by atoms with E-state index in [1.807, 2.05) is 0 Å². The standard InChI is InChI=1S/C17H12F3N3O2/c1-24-15-6-2-5-13(23-15)12-4-3-9-21-16(12)25-11-7-8-14(22-10-11)17(18,19)20/h2-10H,1H3. The van der Waals surface area contributed by atoms with Crippen molar-refractivity contribution in [3.8, 4) is 28.8 Å². The van der Waals surface area contributed by atoms with Gasteiger partial charge in [0, 0.05) is 12.3 Å². The Hall–Kier alpha value is -3.16. The molecular formula is C17H12F3N3O2. The first-order valence-electron chi connectivity index (χ1n) is 7.15. The maximum absolute atomic E-state index is 12.6. The van der Waals surface area contributed by atoms with Crippen LogP contribution in [0.15, 0.2) is 54.9 Å². The molecule has 0 bridgehead atoms. The van der Waals surface area contributed by atoms with Crippen LogP contribution in [0.4, 0.5) is 13.2 Å². The highest BCUT2D eigenvalue weighted by Crippen LogP contribution is 2.32. The number of hydrogen-bond acceptors (Lipinski definition) is 5. The topological polar surface area (TPSA) is 57.1 Å². The summed E-state index contributed by atoms with van der Waals surface area (Å²) in [6.45, 7) is 0. The van der Waals surface area contributed by atoms with Gasteiger partial charge in [-0.25, -0.2) is 15.0 Å². The van der Waals surface area contributed by atoms with Gasteiger partial charge in [-0.15, -0.1) is 0 Å². The van der Waals surface area contributed by atoms with Crippen molar-refractivity contribution in [3.63, 3.8) is 0 Å². The lowest BCUT2D eigenvalue weighted by atomic mass is 10.2. The molecule has 0 spiro atoms. The summed E-state index contributed by atoms with van der Waals surface area (Å²) in [5, 5.41) is 0. The number of alkyl halides is 3. The summed E-state index contributed by atoms with van der Waals surface area (Å²) in [6, 6.07) is 10.7. The van der Waals surface area contributed by atoms with E-state index in [0.29, 0.717) is 17.1 Å². The third-order valence-electron chi connectivity index (χ3n) is 3.22. The van der Waals surface area contributed by atoms with Crippen LogP contribution in [-0.4, -0.2) is 22.1 Å². The van der Waals surface area contributed by atoms with E-state index in [9.17, 15) is 13.2 Å². The van der Waals surface area contributed by atoms with Gasteiger partial charge in [0.2, 0.25) is 11.8 Å². The lowest BCUT2D eigenvalue weighted by molar-refractivity contribution is -0.141. The monoisotopic (exact) mass is 347 g/mol. The molecule has 0 radical (unpaired) electrons. The Morgan fingerprint density at radius 3 is 2.48 bits per heavy atom. The summed E-state index contributed by atoms with van der Waals surface area (Å²) in [5.41, 5.74) is 0.138. The summed E-state index contributed by atoms with van der Waals surface area (Å²) < 4.78 is 48.4. The molecule has 0 aliphatic heterocycles. The number of methoxy groups -OCH3 is 1. The molecule has 0 saturated carbocycles. The fraction of sp³-hybridized carbons (Fsp3) is 0.118. The Morgan fingerprint density at radius 2 is 1.80 bits per heavy atom. The zero-order valence-electron chi connectivity index (χ0n) is 13.0. The van der Waals surface area contributed by atoms with Crippen LogP contribution in [0.2, 0.25) is 0 Å². The fourth-order valence-corrected chi connectivity index (χ4v) is 2.07. The average molecular weight is 347 g/mol. The predicted octanol–water partition coefficient (Wildman–Crippen LogP) is 4.36. The third-order valence-corrected chi connectivity index (χ3v) is 3.22. The summed E-state index contributed by atoms with van der Waals surface area (Å²) in [6.07, 6.45) is -1.99. The van der Waals surface area contributed by atoms with Gasteiger partial charge in [-0.05, 0) is 30.3 Å². The van der Waals surface area contributed by atoms with Crippen LogP contribution in [-0.2, 0) is 6.18 Å². The van der Waals surface area contributed by atoms with Gasteiger partial charge in [0.05, 0.1) is 24.6 Å². The predicted molar refractivity (Wildman–Crippen MR) is 83.3 cm³/mol. The lowest BCUT2D eigenvalue weighted by Gasteiger charge is -2.11. The van der Waals surface area contributed by atoms with Crippen LogP contribution >= 0.6 is 0 Å². The van der Waals surface area contributed by atoms with Crippen molar-refractivity contribution in [2.45, 2.75) is 6.18 Å². The first-order chi connectivity index (χ1) is 12.0.